The van der Waals surface area contributed by atoms with Gasteiger partial charge in [0, 0.05) is 5.56 Å². The molecule has 0 atom stereocenters. The lowest BCUT2D eigenvalue weighted by Crippen LogP contribution is -2.25. The highest BCUT2D eigenvalue weighted by Crippen LogP contribution is 2.28. The zero-order chi connectivity index (χ0) is 23.7. The Morgan fingerprint density at radius 2 is 1.44 bits per heavy atom. The molecule has 0 saturated heterocycles. The van der Waals surface area contributed by atoms with Gasteiger partial charge in [-0.3, -0.25) is 4.79 Å². The standard InChI is InChI=1S/C26H20N6O2/c1-16-8-12-19(13-9-16)29-30-24-23-21(22(27-26(34)28-23)18-6-4-3-5-7-18)25(33)32(31-24)20-14-10-17(2)11-15-20/h3-15H,1-2H3,(H,27,28,34). The second kappa shape index (κ2) is 8.67. The van der Waals surface area contributed by atoms with Gasteiger partial charge in [0.05, 0.1) is 22.5 Å². The molecule has 0 radical (unpaired) electrons. The lowest BCUT2D eigenvalue weighted by molar-refractivity contribution is 0.812. The topological polar surface area (TPSA) is 105 Å². The molecular formula is C26H20N6O2. The summed E-state index contributed by atoms with van der Waals surface area (Å²) >= 11 is 0. The predicted molar refractivity (Wildman–Crippen MR) is 131 cm³/mol. The Balaban J connectivity index is 1.82. The fraction of sp³-hybridized carbons (Fsp3) is 0.0769. The van der Waals surface area contributed by atoms with Crippen LogP contribution in [-0.4, -0.2) is 19.7 Å². The number of hydrogen-bond donors (Lipinski definition) is 1. The summed E-state index contributed by atoms with van der Waals surface area (Å²) in [5.41, 5.74) is 3.39. The smallest absolute Gasteiger partial charge is 0.302 e. The zero-order valence-electron chi connectivity index (χ0n) is 18.6. The van der Waals surface area contributed by atoms with E-state index in [2.05, 4.69) is 25.3 Å². The molecule has 0 aliphatic carbocycles. The van der Waals surface area contributed by atoms with Gasteiger partial charge in [-0.2, -0.15) is 9.67 Å². The van der Waals surface area contributed by atoms with Crippen LogP contribution in [0.15, 0.2) is 98.7 Å². The predicted octanol–water partition coefficient (Wildman–Crippen LogP) is 5.17. The van der Waals surface area contributed by atoms with Gasteiger partial charge in [-0.25, -0.2) is 4.79 Å². The largest absolute Gasteiger partial charge is 0.346 e. The average Bonchev–Trinajstić information content (AvgIpc) is 2.85. The van der Waals surface area contributed by atoms with Crippen molar-refractivity contribution < 1.29 is 0 Å². The summed E-state index contributed by atoms with van der Waals surface area (Å²) in [5, 5.41) is 13.3. The van der Waals surface area contributed by atoms with E-state index in [4.69, 9.17) is 0 Å². The van der Waals surface area contributed by atoms with Crippen LogP contribution in [0, 0.1) is 13.8 Å². The number of H-pyrrole nitrogens is 1. The van der Waals surface area contributed by atoms with Crippen molar-refractivity contribution in [3.05, 3.63) is 111 Å². The van der Waals surface area contributed by atoms with Crippen LogP contribution in [-0.2, 0) is 0 Å². The first-order valence-corrected chi connectivity index (χ1v) is 10.7. The van der Waals surface area contributed by atoms with E-state index in [1.807, 2.05) is 68.4 Å². The molecule has 0 aliphatic rings. The summed E-state index contributed by atoms with van der Waals surface area (Å²) < 4.78 is 1.26. The molecule has 0 spiro atoms. The van der Waals surface area contributed by atoms with Crippen molar-refractivity contribution in [3.63, 3.8) is 0 Å². The van der Waals surface area contributed by atoms with Gasteiger partial charge in [0.2, 0.25) is 5.82 Å². The molecule has 0 saturated carbocycles. The van der Waals surface area contributed by atoms with Crippen molar-refractivity contribution in [3.8, 4) is 16.9 Å². The molecule has 8 heteroatoms. The number of aromatic nitrogens is 4. The van der Waals surface area contributed by atoms with Crippen LogP contribution < -0.4 is 11.2 Å². The van der Waals surface area contributed by atoms with E-state index in [1.54, 1.807) is 24.3 Å². The van der Waals surface area contributed by atoms with Crippen LogP contribution in [0.2, 0.25) is 0 Å². The van der Waals surface area contributed by atoms with Gasteiger partial charge in [-0.15, -0.1) is 15.3 Å². The van der Waals surface area contributed by atoms with E-state index in [1.165, 1.54) is 4.68 Å². The summed E-state index contributed by atoms with van der Waals surface area (Å²) in [6.45, 7) is 3.94. The van der Waals surface area contributed by atoms with E-state index < -0.39 is 11.2 Å². The maximum Gasteiger partial charge on any atom is 0.346 e. The van der Waals surface area contributed by atoms with E-state index in [-0.39, 0.29) is 22.4 Å². The number of benzene rings is 3. The maximum atomic E-state index is 13.6. The summed E-state index contributed by atoms with van der Waals surface area (Å²) in [7, 11) is 0. The number of aryl methyl sites for hydroxylation is 2. The van der Waals surface area contributed by atoms with E-state index in [0.29, 0.717) is 16.9 Å². The van der Waals surface area contributed by atoms with Crippen LogP contribution in [0.4, 0.5) is 11.5 Å². The van der Waals surface area contributed by atoms with Gasteiger partial charge in [-0.05, 0) is 38.1 Å². The average molecular weight is 448 g/mol. The minimum absolute atomic E-state index is 0.104. The third-order valence-corrected chi connectivity index (χ3v) is 5.38. The van der Waals surface area contributed by atoms with Gasteiger partial charge in [-0.1, -0.05) is 65.7 Å². The van der Waals surface area contributed by atoms with Crippen molar-refractivity contribution in [1.82, 2.24) is 19.7 Å². The Morgan fingerprint density at radius 3 is 2.12 bits per heavy atom. The van der Waals surface area contributed by atoms with Gasteiger partial charge in [0.25, 0.3) is 5.56 Å². The van der Waals surface area contributed by atoms with Gasteiger partial charge < -0.3 is 4.98 Å². The molecule has 8 nitrogen and oxygen atoms in total. The maximum absolute atomic E-state index is 13.6. The van der Waals surface area contributed by atoms with Crippen LogP contribution >= 0.6 is 0 Å². The van der Waals surface area contributed by atoms with Crippen LogP contribution in [0.25, 0.3) is 27.8 Å². The fourth-order valence-corrected chi connectivity index (χ4v) is 3.60. The van der Waals surface area contributed by atoms with Crippen molar-refractivity contribution in [1.29, 1.82) is 0 Å². The summed E-state index contributed by atoms with van der Waals surface area (Å²) in [6, 6.07) is 24.0. The van der Waals surface area contributed by atoms with E-state index in [9.17, 15) is 9.59 Å². The number of rotatable bonds is 4. The van der Waals surface area contributed by atoms with Crippen LogP contribution in [0.5, 0.6) is 0 Å². The Kier molecular flexibility index (Phi) is 5.39. The highest BCUT2D eigenvalue weighted by molar-refractivity contribution is 5.96. The molecule has 3 aromatic carbocycles. The van der Waals surface area contributed by atoms with Crippen molar-refractivity contribution in [2.45, 2.75) is 13.8 Å². The molecular weight excluding hydrogens is 428 g/mol. The molecule has 0 unspecified atom stereocenters. The molecule has 1 N–H and O–H groups in total. The Bertz CT molecular complexity index is 1630. The third kappa shape index (κ3) is 4.04. The second-order valence-corrected chi connectivity index (χ2v) is 7.92. The highest BCUT2D eigenvalue weighted by Gasteiger charge is 2.19. The van der Waals surface area contributed by atoms with Gasteiger partial charge in [0.1, 0.15) is 5.52 Å². The fourth-order valence-electron chi connectivity index (χ4n) is 3.60. The first kappa shape index (κ1) is 21.1. The minimum atomic E-state index is -0.604. The molecule has 0 fully saturated rings. The zero-order valence-corrected chi connectivity index (χ0v) is 18.6. The summed E-state index contributed by atoms with van der Waals surface area (Å²) in [6.07, 6.45) is 0. The Morgan fingerprint density at radius 1 is 0.794 bits per heavy atom. The van der Waals surface area contributed by atoms with E-state index >= 15 is 0 Å². The van der Waals surface area contributed by atoms with Gasteiger partial charge in [0.15, 0.2) is 0 Å². The molecule has 166 valence electrons. The molecule has 2 heterocycles. The SMILES string of the molecule is Cc1ccc(N=Nc2nn(-c3ccc(C)cc3)c(=O)c3c(-c4ccccc4)nc(=O)[nH]c23)cc1. The number of azo groups is 1. The molecule has 2 aromatic heterocycles. The third-order valence-electron chi connectivity index (χ3n) is 5.38. The first-order valence-electron chi connectivity index (χ1n) is 10.7. The molecule has 34 heavy (non-hydrogen) atoms. The minimum Gasteiger partial charge on any atom is -0.302 e. The van der Waals surface area contributed by atoms with Crippen molar-refractivity contribution in [2.24, 2.45) is 10.2 Å². The molecule has 5 rings (SSSR count). The van der Waals surface area contributed by atoms with Crippen molar-refractivity contribution >= 4 is 22.4 Å². The molecule has 5 aromatic rings. The first-order chi connectivity index (χ1) is 16.5. The number of aromatic amines is 1. The van der Waals surface area contributed by atoms with Gasteiger partial charge >= 0.3 is 5.69 Å². The normalized spacial score (nSPS) is 11.4. The lowest BCUT2D eigenvalue weighted by Gasteiger charge is -2.11. The quantitative estimate of drug-likeness (QED) is 0.383. The number of nitrogens with one attached hydrogen (secondary N) is 1. The number of nitrogens with zero attached hydrogens (tertiary/aromatic N) is 5. The summed E-state index contributed by atoms with van der Waals surface area (Å²) in [4.78, 5) is 32.9. The molecule has 0 aliphatic heterocycles. The monoisotopic (exact) mass is 448 g/mol. The van der Waals surface area contributed by atoms with Crippen molar-refractivity contribution in [2.75, 3.05) is 0 Å². The highest BCUT2D eigenvalue weighted by atomic mass is 16.1. The molecule has 0 bridgehead atoms. The second-order valence-electron chi connectivity index (χ2n) is 7.92. The van der Waals surface area contributed by atoms with E-state index in [0.717, 1.165) is 11.1 Å². The Labute approximate surface area is 194 Å². The number of fused-ring (bicyclic) bond motifs is 1. The van der Waals surface area contributed by atoms with Crippen LogP contribution in [0.1, 0.15) is 11.1 Å². The van der Waals surface area contributed by atoms with Crippen LogP contribution in [0.3, 0.4) is 0 Å². The lowest BCUT2D eigenvalue weighted by atomic mass is 10.1. The number of hydrogen-bond acceptors (Lipinski definition) is 6. The Hall–Kier alpha value is -4.72. The summed E-state index contributed by atoms with van der Waals surface area (Å²) in [5.74, 6) is 0.104. The molecule has 0 amide bonds.